The zero-order chi connectivity index (χ0) is 23.6. The van der Waals surface area contributed by atoms with E-state index in [1.165, 1.54) is 0 Å². The molecule has 1 atom stereocenters. The van der Waals surface area contributed by atoms with Gasteiger partial charge < -0.3 is 36.8 Å². The first-order chi connectivity index (χ1) is 15.3. The molecule has 0 saturated heterocycles. The summed E-state index contributed by atoms with van der Waals surface area (Å²) in [5.74, 6) is -3.38. The highest BCUT2D eigenvalue weighted by Gasteiger charge is 2.52. The van der Waals surface area contributed by atoms with Gasteiger partial charge in [-0.3, -0.25) is 19.2 Å². The summed E-state index contributed by atoms with van der Waals surface area (Å²) >= 11 is 0. The van der Waals surface area contributed by atoms with Crippen LogP contribution in [-0.4, -0.2) is 72.7 Å². The van der Waals surface area contributed by atoms with Gasteiger partial charge in [0.15, 0.2) is 5.60 Å². The maximum atomic E-state index is 12.6. The van der Waals surface area contributed by atoms with E-state index in [1.54, 1.807) is 24.3 Å². The smallest absolute Gasteiger partial charge is 0.336 e. The highest BCUT2D eigenvalue weighted by Crippen LogP contribution is 2.39. The minimum absolute atomic E-state index is 0.162. The zero-order valence-corrected chi connectivity index (χ0v) is 17.4. The van der Waals surface area contributed by atoms with Crippen LogP contribution < -0.4 is 27.0 Å². The number of hydrogen-bond acceptors (Lipinski definition) is 7. The first-order valence-corrected chi connectivity index (χ1v) is 9.97. The van der Waals surface area contributed by atoms with Crippen LogP contribution >= 0.6 is 0 Å². The quantitative estimate of drug-likeness (QED) is 0.180. The van der Waals surface area contributed by atoms with Crippen molar-refractivity contribution in [2.75, 3.05) is 26.4 Å². The molecule has 1 aromatic rings. The van der Waals surface area contributed by atoms with Crippen LogP contribution in [0.5, 0.6) is 0 Å². The Kier molecular flexibility index (Phi) is 9.10. The highest BCUT2D eigenvalue weighted by atomic mass is 16.5. The number of nitrogens with one attached hydrogen (secondary N) is 4. The number of hydrogen-bond donors (Lipinski definition) is 6. The van der Waals surface area contributed by atoms with Crippen molar-refractivity contribution in [3.8, 4) is 0 Å². The van der Waals surface area contributed by atoms with Crippen LogP contribution in [0.3, 0.4) is 0 Å². The number of ether oxygens (including phenoxy) is 1. The third-order valence-corrected chi connectivity index (χ3v) is 4.70. The van der Waals surface area contributed by atoms with E-state index in [1.807, 2.05) is 6.07 Å². The van der Waals surface area contributed by atoms with Gasteiger partial charge in [0.2, 0.25) is 23.6 Å². The number of amides is 4. The summed E-state index contributed by atoms with van der Waals surface area (Å²) in [6.45, 7) is -1.31. The van der Waals surface area contributed by atoms with Gasteiger partial charge >= 0.3 is 5.97 Å². The van der Waals surface area contributed by atoms with E-state index in [2.05, 4.69) is 21.3 Å². The van der Waals surface area contributed by atoms with Gasteiger partial charge in [-0.1, -0.05) is 30.3 Å². The largest absolute Gasteiger partial charge is 0.479 e. The van der Waals surface area contributed by atoms with Crippen molar-refractivity contribution in [2.45, 2.75) is 30.9 Å². The Morgan fingerprint density at radius 1 is 0.969 bits per heavy atom. The van der Waals surface area contributed by atoms with Gasteiger partial charge in [-0.2, -0.15) is 0 Å². The summed E-state index contributed by atoms with van der Waals surface area (Å²) < 4.78 is 5.17. The molecule has 0 aromatic heterocycles. The first-order valence-electron chi connectivity index (χ1n) is 9.97. The SMILES string of the molecule is NCC(=O)NCC(=O)N[C@@H](Cc1ccccc1)C(=O)NCC(=O)NCOC1(C(=O)O)CC1. The van der Waals surface area contributed by atoms with Crippen molar-refractivity contribution in [1.29, 1.82) is 0 Å². The normalized spacial score (nSPS) is 14.5. The Hall–Kier alpha value is -3.51. The van der Waals surface area contributed by atoms with E-state index >= 15 is 0 Å². The Balaban J connectivity index is 1.84. The number of benzene rings is 1. The molecule has 0 bridgehead atoms. The fraction of sp³-hybridized carbons (Fsp3) is 0.450. The van der Waals surface area contributed by atoms with Gasteiger partial charge in [-0.25, -0.2) is 4.79 Å². The minimum atomic E-state index is -1.24. The second kappa shape index (κ2) is 11.8. The number of rotatable bonds is 13. The molecule has 0 radical (unpaired) electrons. The summed E-state index contributed by atoms with van der Waals surface area (Å²) in [6, 6.07) is 7.94. The molecule has 0 unspecified atom stereocenters. The molecule has 12 heteroatoms. The molecule has 0 aliphatic heterocycles. The molecule has 4 amide bonds. The average Bonchev–Trinajstić information content (AvgIpc) is 3.57. The van der Waals surface area contributed by atoms with Crippen LogP contribution in [0.25, 0.3) is 0 Å². The fourth-order valence-corrected chi connectivity index (χ4v) is 2.70. The molecule has 1 aliphatic rings. The van der Waals surface area contributed by atoms with Gasteiger partial charge in [0.25, 0.3) is 0 Å². The number of carboxylic acid groups (broad SMARTS) is 1. The van der Waals surface area contributed by atoms with E-state index in [-0.39, 0.29) is 26.2 Å². The average molecular weight is 449 g/mol. The van der Waals surface area contributed by atoms with Crippen LogP contribution in [-0.2, 0) is 35.1 Å². The Morgan fingerprint density at radius 3 is 2.22 bits per heavy atom. The minimum Gasteiger partial charge on any atom is -0.479 e. The predicted molar refractivity (Wildman–Crippen MR) is 111 cm³/mol. The van der Waals surface area contributed by atoms with E-state index in [9.17, 15) is 24.0 Å². The van der Waals surface area contributed by atoms with Crippen LogP contribution in [0.1, 0.15) is 18.4 Å². The van der Waals surface area contributed by atoms with E-state index in [0.29, 0.717) is 12.8 Å². The van der Waals surface area contributed by atoms with Gasteiger partial charge in [0, 0.05) is 6.42 Å². The van der Waals surface area contributed by atoms with Crippen molar-refractivity contribution in [2.24, 2.45) is 5.73 Å². The number of aliphatic carboxylic acids is 1. The maximum absolute atomic E-state index is 12.6. The highest BCUT2D eigenvalue weighted by molar-refractivity contribution is 5.92. The van der Waals surface area contributed by atoms with Crippen molar-refractivity contribution in [3.05, 3.63) is 35.9 Å². The van der Waals surface area contributed by atoms with Crippen molar-refractivity contribution in [3.63, 3.8) is 0 Å². The number of nitrogens with two attached hydrogens (primary N) is 1. The third-order valence-electron chi connectivity index (χ3n) is 4.70. The molecule has 1 aromatic carbocycles. The molecular formula is C20H27N5O7. The molecule has 0 spiro atoms. The molecule has 1 fully saturated rings. The number of carbonyl (C=O) groups is 5. The summed E-state index contributed by atoms with van der Waals surface area (Å²) in [5.41, 5.74) is 4.71. The maximum Gasteiger partial charge on any atom is 0.336 e. The van der Waals surface area contributed by atoms with Gasteiger partial charge in [0.05, 0.1) is 19.6 Å². The van der Waals surface area contributed by atoms with Crippen LogP contribution in [0, 0.1) is 0 Å². The zero-order valence-electron chi connectivity index (χ0n) is 17.4. The third kappa shape index (κ3) is 7.96. The summed E-state index contributed by atoms with van der Waals surface area (Å²) in [7, 11) is 0. The Morgan fingerprint density at radius 2 is 1.62 bits per heavy atom. The standard InChI is InChI=1S/C20H27N5O7/c21-9-15(26)22-11-17(28)25-14(8-13-4-2-1-3-5-13)18(29)23-10-16(27)24-12-32-20(6-7-20)19(30)31/h1-5,14H,6-12,21H2,(H,22,26)(H,23,29)(H,24,27)(H,25,28)(H,30,31)/t14-/m0/s1. The number of carboxylic acids is 1. The molecule has 2 rings (SSSR count). The summed E-state index contributed by atoms with van der Waals surface area (Å²) in [5, 5.41) is 18.7. The molecule has 12 nitrogen and oxygen atoms in total. The lowest BCUT2D eigenvalue weighted by Crippen LogP contribution is -2.52. The van der Waals surface area contributed by atoms with Crippen molar-refractivity contribution >= 4 is 29.6 Å². The second-order valence-corrected chi connectivity index (χ2v) is 7.20. The Bertz CT molecular complexity index is 842. The second-order valence-electron chi connectivity index (χ2n) is 7.20. The van der Waals surface area contributed by atoms with Crippen molar-refractivity contribution in [1.82, 2.24) is 21.3 Å². The molecular weight excluding hydrogens is 422 g/mol. The molecule has 7 N–H and O–H groups in total. The van der Waals surface area contributed by atoms with Gasteiger partial charge in [0.1, 0.15) is 12.8 Å². The molecule has 1 saturated carbocycles. The first kappa shape index (κ1) is 24.8. The van der Waals surface area contributed by atoms with Crippen LogP contribution in [0.15, 0.2) is 30.3 Å². The molecule has 1 aliphatic carbocycles. The van der Waals surface area contributed by atoms with E-state index in [0.717, 1.165) is 5.56 Å². The summed E-state index contributed by atoms with van der Waals surface area (Å²) in [4.78, 5) is 58.9. The molecule has 32 heavy (non-hydrogen) atoms. The van der Waals surface area contributed by atoms with Crippen LogP contribution in [0.4, 0.5) is 0 Å². The van der Waals surface area contributed by atoms with Gasteiger partial charge in [-0.05, 0) is 18.4 Å². The fourth-order valence-electron chi connectivity index (χ4n) is 2.70. The summed E-state index contributed by atoms with van der Waals surface area (Å²) in [6.07, 6.45) is 0.915. The van der Waals surface area contributed by atoms with Crippen LogP contribution in [0.2, 0.25) is 0 Å². The van der Waals surface area contributed by atoms with Gasteiger partial charge in [-0.15, -0.1) is 0 Å². The lowest BCUT2D eigenvalue weighted by Gasteiger charge is -2.19. The monoisotopic (exact) mass is 449 g/mol. The van der Waals surface area contributed by atoms with Crippen molar-refractivity contribution < 1.29 is 33.8 Å². The molecule has 0 heterocycles. The lowest BCUT2D eigenvalue weighted by molar-refractivity contribution is -0.155. The van der Waals surface area contributed by atoms with E-state index < -0.39 is 47.8 Å². The Labute approximate surface area is 184 Å². The predicted octanol–water partition coefficient (Wildman–Crippen LogP) is -2.39. The van der Waals surface area contributed by atoms with E-state index in [4.69, 9.17) is 15.6 Å². The molecule has 174 valence electrons. The topological polar surface area (TPSA) is 189 Å². The number of carbonyl (C=O) groups excluding carboxylic acids is 4. The lowest BCUT2D eigenvalue weighted by atomic mass is 10.1.